The second-order valence-corrected chi connectivity index (χ2v) is 9.09. The Balaban J connectivity index is 1.49. The minimum absolute atomic E-state index is 0.172. The van der Waals surface area contributed by atoms with E-state index in [1.54, 1.807) is 18.6 Å². The molecule has 1 N–H and O–H groups in total. The number of aromatic nitrogens is 5. The highest BCUT2D eigenvalue weighted by Crippen LogP contribution is 2.27. The minimum Gasteiger partial charge on any atom is -0.477 e. The highest BCUT2D eigenvalue weighted by molar-refractivity contribution is 6.06. The van der Waals surface area contributed by atoms with Crippen molar-refractivity contribution in [2.24, 2.45) is 0 Å². The van der Waals surface area contributed by atoms with Gasteiger partial charge in [-0.3, -0.25) is 4.79 Å². The molecule has 10 nitrogen and oxygen atoms in total. The SMILES string of the molecule is C[C@@H]1CN(c2cnc3c(c2)C(=O)Nc2cccc(n2)-c2nncn2[C@@H](C)CCCO3)CCN1C. The fourth-order valence-corrected chi connectivity index (χ4v) is 4.42. The standard InChI is InChI=1S/C24H30N8O2/c1-16-6-5-11-34-24-19(12-18(13-25-24)31-10-9-30(3)17(2)14-31)23(33)28-21-8-4-7-20(27-21)22-29-26-15-32(16)22/h4,7-8,12-13,15-17H,5-6,9-11,14H2,1-3H3,(H,27,28,33)/t16-,17+/m0/s1. The van der Waals surface area contributed by atoms with Gasteiger partial charge in [0.05, 0.1) is 18.5 Å². The molecular formula is C24H30N8O2. The predicted molar refractivity (Wildman–Crippen MR) is 129 cm³/mol. The summed E-state index contributed by atoms with van der Waals surface area (Å²) in [6.07, 6.45) is 5.19. The zero-order chi connectivity index (χ0) is 23.7. The molecule has 178 valence electrons. The third kappa shape index (κ3) is 4.45. The maximum atomic E-state index is 13.3. The molecule has 0 spiro atoms. The van der Waals surface area contributed by atoms with Gasteiger partial charge >= 0.3 is 0 Å². The summed E-state index contributed by atoms with van der Waals surface area (Å²) < 4.78 is 8.01. The Hall–Kier alpha value is -3.53. The maximum Gasteiger partial charge on any atom is 0.262 e. The second-order valence-electron chi connectivity index (χ2n) is 9.09. The van der Waals surface area contributed by atoms with Crippen LogP contribution in [0.25, 0.3) is 11.5 Å². The van der Waals surface area contributed by atoms with Crippen molar-refractivity contribution >= 4 is 17.4 Å². The molecule has 1 saturated heterocycles. The summed E-state index contributed by atoms with van der Waals surface area (Å²) in [5, 5.41) is 11.3. The summed E-state index contributed by atoms with van der Waals surface area (Å²) in [6.45, 7) is 7.51. The van der Waals surface area contributed by atoms with Crippen LogP contribution in [0.3, 0.4) is 0 Å². The number of carbonyl (C=O) groups excluding carboxylic acids is 1. The highest BCUT2D eigenvalue weighted by atomic mass is 16.5. The van der Waals surface area contributed by atoms with Crippen molar-refractivity contribution in [1.29, 1.82) is 0 Å². The zero-order valence-corrected chi connectivity index (χ0v) is 19.8. The van der Waals surface area contributed by atoms with E-state index in [9.17, 15) is 4.79 Å². The summed E-state index contributed by atoms with van der Waals surface area (Å²) in [7, 11) is 2.13. The number of piperazine rings is 1. The normalized spacial score (nSPS) is 21.6. The quantitative estimate of drug-likeness (QED) is 0.589. The van der Waals surface area contributed by atoms with Crippen molar-refractivity contribution < 1.29 is 9.53 Å². The number of likely N-dealkylation sites (N-methyl/N-ethyl adjacent to an activating group) is 1. The van der Waals surface area contributed by atoms with Gasteiger partial charge in [-0.15, -0.1) is 10.2 Å². The molecule has 0 unspecified atom stereocenters. The van der Waals surface area contributed by atoms with Crippen LogP contribution >= 0.6 is 0 Å². The van der Waals surface area contributed by atoms with Crippen LogP contribution in [-0.4, -0.2) is 74.9 Å². The number of pyridine rings is 2. The van der Waals surface area contributed by atoms with Crippen LogP contribution in [0, 0.1) is 0 Å². The van der Waals surface area contributed by atoms with Gasteiger partial charge in [0.15, 0.2) is 5.82 Å². The lowest BCUT2D eigenvalue weighted by atomic mass is 10.1. The lowest BCUT2D eigenvalue weighted by Crippen LogP contribution is -2.50. The van der Waals surface area contributed by atoms with Gasteiger partial charge < -0.3 is 24.4 Å². The van der Waals surface area contributed by atoms with Gasteiger partial charge in [-0.2, -0.15) is 0 Å². The molecule has 2 aliphatic rings. The topological polar surface area (TPSA) is 101 Å². The van der Waals surface area contributed by atoms with Crippen LogP contribution in [-0.2, 0) is 0 Å². The fraction of sp³-hybridized carbons (Fsp3) is 0.458. The van der Waals surface area contributed by atoms with E-state index in [-0.39, 0.29) is 11.9 Å². The van der Waals surface area contributed by atoms with Gasteiger partial charge in [0.25, 0.3) is 5.91 Å². The van der Waals surface area contributed by atoms with E-state index in [0.29, 0.717) is 41.4 Å². The number of ether oxygens (including phenoxy) is 1. The van der Waals surface area contributed by atoms with Crippen molar-refractivity contribution in [2.75, 3.05) is 43.5 Å². The molecule has 5 rings (SSSR count). The lowest BCUT2D eigenvalue weighted by Gasteiger charge is -2.39. The van der Waals surface area contributed by atoms with Crippen LogP contribution in [0.15, 0.2) is 36.8 Å². The molecular weight excluding hydrogens is 432 g/mol. The van der Waals surface area contributed by atoms with E-state index in [0.717, 1.165) is 38.2 Å². The molecule has 0 aliphatic carbocycles. The number of carbonyl (C=O) groups is 1. The Labute approximate surface area is 199 Å². The molecule has 0 radical (unpaired) electrons. The van der Waals surface area contributed by atoms with E-state index < -0.39 is 0 Å². The molecule has 5 heterocycles. The largest absolute Gasteiger partial charge is 0.477 e. The summed E-state index contributed by atoms with van der Waals surface area (Å²) in [4.78, 5) is 27.1. The molecule has 0 saturated carbocycles. The molecule has 34 heavy (non-hydrogen) atoms. The van der Waals surface area contributed by atoms with Crippen molar-refractivity contribution in [3.63, 3.8) is 0 Å². The number of nitrogens with zero attached hydrogens (tertiary/aromatic N) is 7. The first-order valence-corrected chi connectivity index (χ1v) is 11.8. The van der Waals surface area contributed by atoms with E-state index in [2.05, 4.69) is 56.2 Å². The third-order valence-corrected chi connectivity index (χ3v) is 6.68. The van der Waals surface area contributed by atoms with Gasteiger partial charge in [-0.1, -0.05) is 6.07 Å². The first kappa shape index (κ1) is 22.3. The predicted octanol–water partition coefficient (Wildman–Crippen LogP) is 2.86. The van der Waals surface area contributed by atoms with Gasteiger partial charge in [0.2, 0.25) is 5.88 Å². The van der Waals surface area contributed by atoms with Gasteiger partial charge in [-0.05, 0) is 51.9 Å². The van der Waals surface area contributed by atoms with E-state index in [1.165, 1.54) is 0 Å². The number of rotatable bonds is 1. The smallest absolute Gasteiger partial charge is 0.262 e. The van der Waals surface area contributed by atoms with E-state index >= 15 is 0 Å². The van der Waals surface area contributed by atoms with Crippen LogP contribution < -0.4 is 15.0 Å². The van der Waals surface area contributed by atoms with Crippen molar-refractivity contribution in [3.8, 4) is 17.4 Å². The summed E-state index contributed by atoms with van der Waals surface area (Å²) in [6, 6.07) is 7.96. The first-order chi connectivity index (χ1) is 16.5. The van der Waals surface area contributed by atoms with Crippen LogP contribution in [0.4, 0.5) is 11.5 Å². The van der Waals surface area contributed by atoms with Crippen LogP contribution in [0.1, 0.15) is 43.1 Å². The molecule has 0 aromatic carbocycles. The average Bonchev–Trinajstić information content (AvgIpc) is 3.33. The molecule has 2 bridgehead atoms. The van der Waals surface area contributed by atoms with Crippen molar-refractivity contribution in [1.82, 2.24) is 29.6 Å². The molecule has 10 heteroatoms. The van der Waals surface area contributed by atoms with Gasteiger partial charge in [-0.25, -0.2) is 9.97 Å². The monoisotopic (exact) mass is 462 g/mol. The van der Waals surface area contributed by atoms with Gasteiger partial charge in [0.1, 0.15) is 23.4 Å². The van der Waals surface area contributed by atoms with Crippen LogP contribution in [0.5, 0.6) is 5.88 Å². The molecule has 1 fully saturated rings. The Kier molecular flexibility index (Phi) is 6.14. The summed E-state index contributed by atoms with van der Waals surface area (Å²) >= 11 is 0. The third-order valence-electron chi connectivity index (χ3n) is 6.68. The van der Waals surface area contributed by atoms with Crippen molar-refractivity contribution in [2.45, 2.75) is 38.8 Å². The number of nitrogens with one attached hydrogen (secondary N) is 1. The van der Waals surface area contributed by atoms with E-state index in [1.807, 2.05) is 22.8 Å². The molecule has 3 aromatic rings. The lowest BCUT2D eigenvalue weighted by molar-refractivity contribution is 0.102. The summed E-state index contributed by atoms with van der Waals surface area (Å²) in [5.41, 5.74) is 1.99. The Bertz CT molecular complexity index is 1180. The first-order valence-electron chi connectivity index (χ1n) is 11.8. The van der Waals surface area contributed by atoms with Crippen LogP contribution in [0.2, 0.25) is 0 Å². The van der Waals surface area contributed by atoms with E-state index in [4.69, 9.17) is 4.74 Å². The molecule has 2 aliphatic heterocycles. The molecule has 2 atom stereocenters. The van der Waals surface area contributed by atoms with Crippen molar-refractivity contribution in [3.05, 3.63) is 42.4 Å². The minimum atomic E-state index is -0.303. The Morgan fingerprint density at radius 2 is 2.06 bits per heavy atom. The molecule has 3 aromatic heterocycles. The Morgan fingerprint density at radius 1 is 1.18 bits per heavy atom. The van der Waals surface area contributed by atoms with Gasteiger partial charge in [0, 0.05) is 31.7 Å². The number of hydrogen-bond donors (Lipinski definition) is 1. The highest BCUT2D eigenvalue weighted by Gasteiger charge is 2.24. The molecule has 1 amide bonds. The number of amides is 1. The maximum absolute atomic E-state index is 13.3. The second kappa shape index (κ2) is 9.38. The number of fused-ring (bicyclic) bond motifs is 5. The average molecular weight is 463 g/mol. The zero-order valence-electron chi connectivity index (χ0n) is 19.8. The summed E-state index contributed by atoms with van der Waals surface area (Å²) in [5.74, 6) is 1.15. The number of anilines is 2. The Morgan fingerprint density at radius 3 is 2.91 bits per heavy atom. The fourth-order valence-electron chi connectivity index (χ4n) is 4.42. The number of hydrogen-bond acceptors (Lipinski definition) is 8.